The van der Waals surface area contributed by atoms with Gasteiger partial charge in [-0.2, -0.15) is 0 Å². The number of urea groups is 1. The number of imide groups is 1. The molecule has 3 heterocycles. The summed E-state index contributed by atoms with van der Waals surface area (Å²) >= 11 is 12.0. The van der Waals surface area contributed by atoms with E-state index in [4.69, 9.17) is 23.2 Å². The summed E-state index contributed by atoms with van der Waals surface area (Å²) in [6.07, 6.45) is 6.56. The Balaban J connectivity index is 0.000000257. The molecule has 3 atom stereocenters. The maximum absolute atomic E-state index is 13.7. The van der Waals surface area contributed by atoms with Gasteiger partial charge in [-0.3, -0.25) is 19.6 Å². The van der Waals surface area contributed by atoms with Crippen molar-refractivity contribution in [3.63, 3.8) is 0 Å². The summed E-state index contributed by atoms with van der Waals surface area (Å²) in [7, 11) is 4.01. The molecule has 0 spiro atoms. The lowest BCUT2D eigenvalue weighted by molar-refractivity contribution is -0.135. The average molecular weight is 682 g/mol. The van der Waals surface area contributed by atoms with Gasteiger partial charge in [0.15, 0.2) is 5.96 Å². The topological polar surface area (TPSA) is 108 Å². The second kappa shape index (κ2) is 16.0. The number of anilines is 1. The van der Waals surface area contributed by atoms with Crippen LogP contribution in [-0.2, 0) is 11.2 Å². The molecule has 252 valence electrons. The molecule has 1 saturated heterocycles. The second-order valence-corrected chi connectivity index (χ2v) is 13.3. The van der Waals surface area contributed by atoms with Gasteiger partial charge in [-0.1, -0.05) is 47.5 Å². The fraction of sp³-hybridized carbons (Fsp3) is 0.457. The molecule has 2 aromatic carbocycles. The minimum absolute atomic E-state index is 0.0562. The molecule has 6 rings (SSSR count). The second-order valence-electron chi connectivity index (χ2n) is 12.5. The summed E-state index contributed by atoms with van der Waals surface area (Å²) in [6, 6.07) is 11.9. The van der Waals surface area contributed by atoms with Gasteiger partial charge >= 0.3 is 6.03 Å². The number of para-hydroxylation sites is 1. The fourth-order valence-corrected chi connectivity index (χ4v) is 7.39. The van der Waals surface area contributed by atoms with Crippen LogP contribution < -0.4 is 16.0 Å². The number of benzene rings is 2. The summed E-state index contributed by atoms with van der Waals surface area (Å²) in [4.78, 5) is 40.1. The lowest BCUT2D eigenvalue weighted by Gasteiger charge is -2.47. The van der Waals surface area contributed by atoms with Gasteiger partial charge in [0.2, 0.25) is 5.91 Å². The zero-order valence-electron chi connectivity index (χ0n) is 27.5. The molecular weight excluding hydrogens is 635 g/mol. The third kappa shape index (κ3) is 8.12. The molecule has 0 saturated carbocycles. The number of aromatic nitrogens is 1. The first kappa shape index (κ1) is 34.8. The van der Waals surface area contributed by atoms with Gasteiger partial charge in [-0.25, -0.2) is 4.79 Å². The van der Waals surface area contributed by atoms with Crippen LogP contribution >= 0.6 is 23.2 Å². The van der Waals surface area contributed by atoms with Gasteiger partial charge in [0.05, 0.1) is 28.2 Å². The molecule has 0 radical (unpaired) electrons. The Morgan fingerprint density at radius 2 is 1.91 bits per heavy atom. The normalized spacial score (nSPS) is 20.0. The van der Waals surface area contributed by atoms with E-state index in [9.17, 15) is 9.59 Å². The van der Waals surface area contributed by atoms with Crippen LogP contribution in [0.2, 0.25) is 10.0 Å². The molecule has 1 fully saturated rings. The number of hydrogen-bond acceptors (Lipinski definition) is 7. The van der Waals surface area contributed by atoms with E-state index < -0.39 is 0 Å². The van der Waals surface area contributed by atoms with E-state index in [0.29, 0.717) is 41.4 Å². The summed E-state index contributed by atoms with van der Waals surface area (Å²) in [5.41, 5.74) is 4.54. The quantitative estimate of drug-likeness (QED) is 0.221. The Hall–Kier alpha value is -3.57. The predicted molar refractivity (Wildman–Crippen MR) is 193 cm³/mol. The number of halogens is 2. The number of H-pyrrole nitrogens is 1. The molecule has 0 unspecified atom stereocenters. The average Bonchev–Trinajstić information content (AvgIpc) is 3.73. The third-order valence-electron chi connectivity index (χ3n) is 8.99. The molecule has 12 heteroatoms. The van der Waals surface area contributed by atoms with Crippen molar-refractivity contribution < 1.29 is 9.59 Å². The van der Waals surface area contributed by atoms with E-state index >= 15 is 0 Å². The number of likely N-dealkylation sites (tertiary alicyclic amines) is 1. The number of rotatable bonds is 9. The van der Waals surface area contributed by atoms with E-state index in [2.05, 4.69) is 66.7 Å². The molecule has 1 aromatic heterocycles. The zero-order chi connectivity index (χ0) is 33.5. The van der Waals surface area contributed by atoms with Crippen molar-refractivity contribution in [2.24, 2.45) is 10.9 Å². The van der Waals surface area contributed by atoms with Crippen molar-refractivity contribution in [1.82, 2.24) is 30.3 Å². The van der Waals surface area contributed by atoms with Crippen molar-refractivity contribution in [1.29, 1.82) is 0 Å². The number of piperidine rings is 1. The molecule has 4 N–H and O–H groups in total. The lowest BCUT2D eigenvalue weighted by atomic mass is 9.72. The molecule has 2 aliphatic heterocycles. The first-order chi connectivity index (χ1) is 22.7. The minimum Gasteiger partial charge on any atom is -0.361 e. The van der Waals surface area contributed by atoms with Gasteiger partial charge in [0.25, 0.3) is 0 Å². The maximum atomic E-state index is 13.7. The number of amides is 3. The monoisotopic (exact) mass is 680 g/mol. The number of carbonyl (C=O) groups is 2. The largest absolute Gasteiger partial charge is 0.361 e. The minimum atomic E-state index is -0.280. The highest BCUT2D eigenvalue weighted by atomic mass is 35.5. The molecule has 47 heavy (non-hydrogen) atoms. The van der Waals surface area contributed by atoms with Gasteiger partial charge in [-0.15, -0.1) is 6.58 Å². The number of nitrogens with zero attached hydrogens (tertiary/aromatic N) is 4. The summed E-state index contributed by atoms with van der Waals surface area (Å²) < 4.78 is 0. The predicted octanol–water partition coefficient (Wildman–Crippen LogP) is 5.56. The van der Waals surface area contributed by atoms with Gasteiger partial charge in [-0.05, 0) is 76.2 Å². The van der Waals surface area contributed by atoms with Crippen LogP contribution in [0, 0.1) is 5.92 Å². The van der Waals surface area contributed by atoms with Crippen LogP contribution in [-0.4, -0.2) is 104 Å². The van der Waals surface area contributed by atoms with Crippen LogP contribution in [0.15, 0.2) is 60.2 Å². The number of guanidine groups is 1. The first-order valence-corrected chi connectivity index (χ1v) is 17.1. The van der Waals surface area contributed by atoms with Crippen molar-refractivity contribution in [3.8, 4) is 0 Å². The molecule has 10 nitrogen and oxygen atoms in total. The Bertz CT molecular complexity index is 1590. The highest BCUT2D eigenvalue weighted by Crippen LogP contribution is 2.45. The van der Waals surface area contributed by atoms with Crippen molar-refractivity contribution in [2.75, 3.05) is 65.2 Å². The Labute approximate surface area is 287 Å². The van der Waals surface area contributed by atoms with Gasteiger partial charge in [0.1, 0.15) is 0 Å². The smallest absolute Gasteiger partial charge is 0.324 e. The summed E-state index contributed by atoms with van der Waals surface area (Å²) in [6.45, 7) is 10.7. The number of hydrogen-bond donors (Lipinski definition) is 4. The SMILES string of the molecule is C=CCN1C[C@H](C(=O)N(CCCN(C)C)C(=O)NCC)C[C@@H]2c3cccc4[nH]cc(c34)C[C@H]21.Clc1cccc(Cl)c1NC1=NCCN1. The number of aromatic amines is 1. The number of fused-ring (bicyclic) bond motifs is 2. The van der Waals surface area contributed by atoms with Crippen LogP contribution in [0.3, 0.4) is 0 Å². The van der Waals surface area contributed by atoms with Crippen molar-refractivity contribution in [3.05, 3.63) is 76.4 Å². The summed E-state index contributed by atoms with van der Waals surface area (Å²) in [5, 5.41) is 11.5. The lowest BCUT2D eigenvalue weighted by Crippen LogP contribution is -2.55. The van der Waals surface area contributed by atoms with E-state index in [1.54, 1.807) is 18.2 Å². The highest BCUT2D eigenvalue weighted by molar-refractivity contribution is 6.39. The van der Waals surface area contributed by atoms with Gasteiger partial charge in [0, 0.05) is 61.8 Å². The van der Waals surface area contributed by atoms with E-state index in [1.807, 2.05) is 27.1 Å². The van der Waals surface area contributed by atoms with Crippen LogP contribution in [0.25, 0.3) is 10.9 Å². The Kier molecular flexibility index (Phi) is 11.8. The zero-order valence-corrected chi connectivity index (χ0v) is 29.0. The van der Waals surface area contributed by atoms with Gasteiger partial charge < -0.3 is 25.8 Å². The fourth-order valence-electron chi connectivity index (χ4n) is 6.89. The molecule has 0 bridgehead atoms. The summed E-state index contributed by atoms with van der Waals surface area (Å²) in [5.74, 6) is 0.709. The third-order valence-corrected chi connectivity index (χ3v) is 9.62. The molecule has 1 aliphatic carbocycles. The number of carbonyl (C=O) groups excluding carboxylic acids is 2. The maximum Gasteiger partial charge on any atom is 0.324 e. The highest BCUT2D eigenvalue weighted by Gasteiger charge is 2.44. The van der Waals surface area contributed by atoms with Crippen molar-refractivity contribution in [2.45, 2.75) is 38.1 Å². The van der Waals surface area contributed by atoms with Crippen LogP contribution in [0.5, 0.6) is 0 Å². The van der Waals surface area contributed by atoms with E-state index in [0.717, 1.165) is 56.9 Å². The van der Waals surface area contributed by atoms with Crippen LogP contribution in [0.4, 0.5) is 10.5 Å². The molecular formula is C35H46Cl2N8O2. The Morgan fingerprint density at radius 3 is 2.60 bits per heavy atom. The van der Waals surface area contributed by atoms with Crippen molar-refractivity contribution >= 4 is 57.7 Å². The molecule has 3 aliphatic rings. The molecule has 3 aromatic rings. The molecule has 3 amide bonds. The van der Waals surface area contributed by atoms with E-state index in [1.165, 1.54) is 21.4 Å². The standard InChI is InChI=1S/C26H37N5O2.C9H9Cl2N3/c1-5-11-30-17-19(25(32)31(26(33)27-6-2)13-8-12-29(3)4)14-21-20-9-7-10-22-24(20)18(16-28-22)15-23(21)30;10-6-2-1-3-7(11)8(6)14-9-12-4-5-13-9/h5,7,9-10,16,19,21,23,28H,1,6,8,11-15,17H2,2-4H3,(H,27,33);1-3H,4-5H2,(H2,12,13,14)/t19-,21-,23-;/m1./s1. The van der Waals surface area contributed by atoms with Crippen LogP contribution in [0.1, 0.15) is 36.8 Å². The number of aliphatic imine (C=N–C) groups is 1. The van der Waals surface area contributed by atoms with E-state index in [-0.39, 0.29) is 23.8 Å². The first-order valence-electron chi connectivity index (χ1n) is 16.4. The number of nitrogens with one attached hydrogen (secondary N) is 4. The Morgan fingerprint density at radius 1 is 1.15 bits per heavy atom.